The topological polar surface area (TPSA) is 76.1 Å². The van der Waals surface area contributed by atoms with Crippen molar-refractivity contribution >= 4 is 27.1 Å². The van der Waals surface area contributed by atoms with Crippen molar-refractivity contribution in [1.29, 1.82) is 0 Å². The first-order chi connectivity index (χ1) is 9.41. The van der Waals surface area contributed by atoms with Gasteiger partial charge in [-0.15, -0.1) is 11.3 Å². The third-order valence-corrected chi connectivity index (χ3v) is 7.09. The van der Waals surface area contributed by atoms with E-state index in [0.29, 0.717) is 5.69 Å². The molecular weight excluding hydrogens is 296 g/mol. The average molecular weight is 316 g/mol. The van der Waals surface area contributed by atoms with E-state index in [1.54, 1.807) is 12.3 Å². The van der Waals surface area contributed by atoms with E-state index in [-0.39, 0.29) is 10.4 Å². The zero-order valence-corrected chi connectivity index (χ0v) is 13.4. The van der Waals surface area contributed by atoms with Crippen LogP contribution in [0.5, 0.6) is 0 Å². The van der Waals surface area contributed by atoms with Crippen LogP contribution < -0.4 is 5.32 Å². The van der Waals surface area contributed by atoms with Crippen molar-refractivity contribution in [1.82, 2.24) is 10.3 Å². The molecule has 0 aliphatic heterocycles. The number of aromatic nitrogens is 1. The molecule has 1 atom stereocenters. The van der Waals surface area contributed by atoms with Crippen molar-refractivity contribution < 1.29 is 13.2 Å². The number of sulfone groups is 1. The molecule has 1 aromatic heterocycles. The highest BCUT2D eigenvalue weighted by atomic mass is 32.2. The molecule has 1 amide bonds. The van der Waals surface area contributed by atoms with E-state index in [1.807, 2.05) is 0 Å². The van der Waals surface area contributed by atoms with Crippen LogP contribution in [0.3, 0.4) is 0 Å². The highest BCUT2D eigenvalue weighted by Gasteiger charge is 2.33. The minimum atomic E-state index is -3.67. The van der Waals surface area contributed by atoms with Gasteiger partial charge in [0, 0.05) is 17.1 Å². The molecule has 1 fully saturated rings. The van der Waals surface area contributed by atoms with Crippen LogP contribution in [0.2, 0.25) is 0 Å². The molecule has 1 heterocycles. The van der Waals surface area contributed by atoms with E-state index >= 15 is 0 Å². The maximum absolute atomic E-state index is 12.3. The second-order valence-corrected chi connectivity index (χ2v) is 8.59. The number of amides is 1. The van der Waals surface area contributed by atoms with Gasteiger partial charge < -0.3 is 5.32 Å². The fraction of sp³-hybridized carbons (Fsp3) is 0.692. The van der Waals surface area contributed by atoms with Gasteiger partial charge in [-0.1, -0.05) is 19.3 Å². The number of rotatable bonds is 4. The Bertz CT molecular complexity index is 574. The maximum Gasteiger partial charge on any atom is 0.238 e. The number of nitrogens with zero attached hydrogens (tertiary/aromatic N) is 1. The largest absolute Gasteiger partial charge is 0.352 e. The summed E-state index contributed by atoms with van der Waals surface area (Å²) in [4.78, 5) is 16.1. The molecule has 1 aliphatic carbocycles. The first-order valence-electron chi connectivity index (χ1n) is 6.87. The smallest absolute Gasteiger partial charge is 0.238 e. The van der Waals surface area contributed by atoms with Gasteiger partial charge in [-0.25, -0.2) is 13.4 Å². The number of aryl methyl sites for hydroxylation is 1. The predicted octanol–water partition coefficient (Wildman–Crippen LogP) is 2.06. The number of carbonyl (C=O) groups excluding carboxylic acids is 1. The lowest BCUT2D eigenvalue weighted by molar-refractivity contribution is -0.121. The van der Waals surface area contributed by atoms with Crippen molar-refractivity contribution in [2.24, 2.45) is 0 Å². The molecule has 112 valence electrons. The quantitative estimate of drug-likeness (QED) is 0.922. The third-order valence-electron chi connectivity index (χ3n) is 3.63. The van der Waals surface area contributed by atoms with Crippen LogP contribution in [0, 0.1) is 6.92 Å². The molecular formula is C13H20N2O3S2. The van der Waals surface area contributed by atoms with E-state index in [1.165, 1.54) is 13.3 Å². The predicted molar refractivity (Wildman–Crippen MR) is 78.5 cm³/mol. The van der Waals surface area contributed by atoms with Gasteiger partial charge in [0.2, 0.25) is 20.1 Å². The summed E-state index contributed by atoms with van der Waals surface area (Å²) < 4.78 is 24.7. The Kier molecular flexibility index (Phi) is 4.80. The van der Waals surface area contributed by atoms with Crippen LogP contribution in [0.1, 0.15) is 44.7 Å². The van der Waals surface area contributed by atoms with Crippen molar-refractivity contribution in [3.05, 3.63) is 11.1 Å². The minimum absolute atomic E-state index is 0.0290. The molecule has 0 aromatic carbocycles. The molecule has 0 saturated heterocycles. The Morgan fingerprint density at radius 2 is 2.05 bits per heavy atom. The average Bonchev–Trinajstić information content (AvgIpc) is 2.86. The summed E-state index contributed by atoms with van der Waals surface area (Å²) in [7, 11) is -3.67. The Hall–Kier alpha value is -0.950. The van der Waals surface area contributed by atoms with Crippen LogP contribution in [-0.4, -0.2) is 30.6 Å². The Labute approximate surface area is 123 Å². The van der Waals surface area contributed by atoms with Gasteiger partial charge in [0.1, 0.15) is 5.25 Å². The molecule has 0 radical (unpaired) electrons. The van der Waals surface area contributed by atoms with Gasteiger partial charge in [0.15, 0.2) is 0 Å². The molecule has 5 nitrogen and oxygen atoms in total. The van der Waals surface area contributed by atoms with Gasteiger partial charge in [-0.3, -0.25) is 4.79 Å². The SMILES string of the molecule is Cc1csc(S(=O)(=O)C(C)C(=O)NC2CCCCC2)n1. The number of hydrogen-bond acceptors (Lipinski definition) is 5. The van der Waals surface area contributed by atoms with Gasteiger partial charge in [-0.05, 0) is 26.7 Å². The van der Waals surface area contributed by atoms with Crippen molar-refractivity contribution in [3.8, 4) is 0 Å². The van der Waals surface area contributed by atoms with Gasteiger partial charge in [0.05, 0.1) is 0 Å². The second kappa shape index (κ2) is 6.22. The van der Waals surface area contributed by atoms with Gasteiger partial charge >= 0.3 is 0 Å². The molecule has 0 bridgehead atoms. The van der Waals surface area contributed by atoms with E-state index in [2.05, 4.69) is 10.3 Å². The lowest BCUT2D eigenvalue weighted by atomic mass is 9.95. The number of nitrogens with one attached hydrogen (secondary N) is 1. The standard InChI is InChI=1S/C13H20N2O3S2/c1-9-8-19-13(14-9)20(17,18)10(2)12(16)15-11-6-4-3-5-7-11/h8,10-11H,3-7H2,1-2H3,(H,15,16). The number of carbonyl (C=O) groups is 1. The van der Waals surface area contributed by atoms with Crippen LogP contribution >= 0.6 is 11.3 Å². The Morgan fingerprint density at radius 1 is 1.40 bits per heavy atom. The Morgan fingerprint density at radius 3 is 2.60 bits per heavy atom. The summed E-state index contributed by atoms with van der Waals surface area (Å²) in [6.07, 6.45) is 5.26. The van der Waals surface area contributed by atoms with E-state index in [0.717, 1.165) is 37.0 Å². The van der Waals surface area contributed by atoms with Gasteiger partial charge in [-0.2, -0.15) is 0 Å². The number of hydrogen-bond donors (Lipinski definition) is 1. The summed E-state index contributed by atoms with van der Waals surface area (Å²) in [6, 6.07) is 0.118. The molecule has 1 unspecified atom stereocenters. The second-order valence-electron chi connectivity index (χ2n) is 5.29. The van der Waals surface area contributed by atoms with E-state index < -0.39 is 21.0 Å². The molecule has 0 spiro atoms. The molecule has 7 heteroatoms. The summed E-state index contributed by atoms with van der Waals surface area (Å²) in [6.45, 7) is 3.17. The van der Waals surface area contributed by atoms with E-state index in [4.69, 9.17) is 0 Å². The van der Waals surface area contributed by atoms with Crippen molar-refractivity contribution in [2.45, 2.75) is 61.6 Å². The highest BCUT2D eigenvalue weighted by Crippen LogP contribution is 2.22. The molecule has 2 rings (SSSR count). The summed E-state index contributed by atoms with van der Waals surface area (Å²) >= 11 is 1.07. The zero-order valence-electron chi connectivity index (χ0n) is 11.8. The third kappa shape index (κ3) is 3.38. The summed E-state index contributed by atoms with van der Waals surface area (Å²) in [5, 5.41) is 3.45. The monoisotopic (exact) mass is 316 g/mol. The maximum atomic E-state index is 12.3. The first kappa shape index (κ1) is 15.4. The lowest BCUT2D eigenvalue weighted by Gasteiger charge is -2.24. The molecule has 1 aromatic rings. The normalized spacial score (nSPS) is 18.7. The molecule has 20 heavy (non-hydrogen) atoms. The molecule has 1 saturated carbocycles. The summed E-state index contributed by atoms with van der Waals surface area (Å²) in [5.41, 5.74) is 0.661. The summed E-state index contributed by atoms with van der Waals surface area (Å²) in [5.74, 6) is -0.412. The van der Waals surface area contributed by atoms with Crippen LogP contribution in [0.25, 0.3) is 0 Å². The molecule has 1 N–H and O–H groups in total. The van der Waals surface area contributed by atoms with Crippen molar-refractivity contribution in [2.75, 3.05) is 0 Å². The van der Waals surface area contributed by atoms with Crippen LogP contribution in [0.15, 0.2) is 9.72 Å². The Balaban J connectivity index is 2.05. The fourth-order valence-electron chi connectivity index (χ4n) is 2.32. The zero-order chi connectivity index (χ0) is 14.8. The van der Waals surface area contributed by atoms with Crippen LogP contribution in [-0.2, 0) is 14.6 Å². The first-order valence-corrected chi connectivity index (χ1v) is 9.30. The fourth-order valence-corrected chi connectivity index (χ4v) is 4.88. The van der Waals surface area contributed by atoms with Gasteiger partial charge in [0.25, 0.3) is 0 Å². The van der Waals surface area contributed by atoms with Crippen molar-refractivity contribution in [3.63, 3.8) is 0 Å². The minimum Gasteiger partial charge on any atom is -0.352 e. The lowest BCUT2D eigenvalue weighted by Crippen LogP contribution is -2.44. The molecule has 1 aliphatic rings. The number of thiazole rings is 1. The van der Waals surface area contributed by atoms with Crippen LogP contribution in [0.4, 0.5) is 0 Å². The highest BCUT2D eigenvalue weighted by molar-refractivity contribution is 7.94. The van der Waals surface area contributed by atoms with E-state index in [9.17, 15) is 13.2 Å².